The summed E-state index contributed by atoms with van der Waals surface area (Å²) in [6, 6.07) is 12.3. The van der Waals surface area contributed by atoms with Gasteiger partial charge in [-0.3, -0.25) is 4.79 Å². The summed E-state index contributed by atoms with van der Waals surface area (Å²) in [5.41, 5.74) is -0.790. The van der Waals surface area contributed by atoms with E-state index in [1.54, 1.807) is 11.8 Å². The first-order valence-electron chi connectivity index (χ1n) is 9.57. The van der Waals surface area contributed by atoms with Crippen LogP contribution in [0.1, 0.15) is 37.7 Å². The van der Waals surface area contributed by atoms with Gasteiger partial charge in [0.1, 0.15) is 6.10 Å². The molecule has 0 unspecified atom stereocenters. The normalized spacial score (nSPS) is 19.6. The molecule has 1 aromatic heterocycles. The van der Waals surface area contributed by atoms with Gasteiger partial charge in [0.05, 0.1) is 5.56 Å². The van der Waals surface area contributed by atoms with Crippen LogP contribution in [0.25, 0.3) is 0 Å². The number of carbonyl (C=O) groups excluding carboxylic acids is 1. The monoisotopic (exact) mass is 424 g/mol. The maximum absolute atomic E-state index is 12.6. The van der Waals surface area contributed by atoms with E-state index >= 15 is 0 Å². The number of hydrogen-bond acceptors (Lipinski definition) is 4. The highest BCUT2D eigenvalue weighted by Gasteiger charge is 2.31. The van der Waals surface area contributed by atoms with E-state index in [0.29, 0.717) is 6.42 Å². The number of halogens is 3. The van der Waals surface area contributed by atoms with Crippen molar-refractivity contribution in [2.24, 2.45) is 0 Å². The Morgan fingerprint density at radius 1 is 1.10 bits per heavy atom. The van der Waals surface area contributed by atoms with E-state index in [2.05, 4.69) is 10.3 Å². The molecule has 2 aromatic rings. The second kappa shape index (κ2) is 10.0. The lowest BCUT2D eigenvalue weighted by molar-refractivity contribution is -0.137. The largest absolute Gasteiger partial charge is 0.474 e. The molecule has 8 heteroatoms. The van der Waals surface area contributed by atoms with Gasteiger partial charge < -0.3 is 10.1 Å². The minimum absolute atomic E-state index is 0.0437. The summed E-state index contributed by atoms with van der Waals surface area (Å²) in [6.45, 7) is 0. The van der Waals surface area contributed by atoms with Crippen LogP contribution in [0.5, 0.6) is 5.88 Å². The Morgan fingerprint density at radius 3 is 2.45 bits per heavy atom. The number of rotatable bonds is 7. The summed E-state index contributed by atoms with van der Waals surface area (Å²) in [5.74, 6) is 0.971. The number of nitrogens with one attached hydrogen (secondary N) is 1. The molecule has 3 rings (SSSR count). The van der Waals surface area contributed by atoms with Gasteiger partial charge in [0.15, 0.2) is 0 Å². The fourth-order valence-corrected chi connectivity index (χ4v) is 4.06. The lowest BCUT2D eigenvalue weighted by Gasteiger charge is -2.29. The molecular weight excluding hydrogens is 401 g/mol. The molecule has 1 fully saturated rings. The molecule has 29 heavy (non-hydrogen) atoms. The maximum atomic E-state index is 12.6. The molecule has 1 heterocycles. The first-order chi connectivity index (χ1) is 13.9. The van der Waals surface area contributed by atoms with Crippen molar-refractivity contribution in [2.45, 2.75) is 55.3 Å². The summed E-state index contributed by atoms with van der Waals surface area (Å²) < 4.78 is 43.4. The van der Waals surface area contributed by atoms with Crippen LogP contribution in [-0.2, 0) is 11.0 Å². The average molecular weight is 424 g/mol. The Morgan fingerprint density at radius 2 is 1.83 bits per heavy atom. The number of aromatic nitrogens is 1. The highest BCUT2D eigenvalue weighted by atomic mass is 32.2. The smallest absolute Gasteiger partial charge is 0.417 e. The molecular formula is C21H23F3N2O2S. The second-order valence-electron chi connectivity index (χ2n) is 6.95. The highest BCUT2D eigenvalue weighted by Crippen LogP contribution is 2.30. The quantitative estimate of drug-likeness (QED) is 0.629. The van der Waals surface area contributed by atoms with E-state index in [4.69, 9.17) is 4.74 Å². The van der Waals surface area contributed by atoms with Gasteiger partial charge in [-0.05, 0) is 43.9 Å². The van der Waals surface area contributed by atoms with Crippen molar-refractivity contribution in [2.75, 3.05) is 5.75 Å². The van der Waals surface area contributed by atoms with Crippen molar-refractivity contribution in [1.29, 1.82) is 0 Å². The molecule has 0 spiro atoms. The number of hydrogen-bond donors (Lipinski definition) is 1. The molecule has 4 nitrogen and oxygen atoms in total. The third-order valence-electron chi connectivity index (χ3n) is 4.73. The molecule has 156 valence electrons. The van der Waals surface area contributed by atoms with Crippen LogP contribution in [0.4, 0.5) is 13.2 Å². The van der Waals surface area contributed by atoms with Crippen LogP contribution in [0.2, 0.25) is 0 Å². The zero-order valence-corrected chi connectivity index (χ0v) is 16.6. The Balaban J connectivity index is 1.35. The third kappa shape index (κ3) is 6.96. The predicted octanol–water partition coefficient (Wildman–Crippen LogP) is 5.09. The topological polar surface area (TPSA) is 51.2 Å². The number of amides is 1. The summed E-state index contributed by atoms with van der Waals surface area (Å²) in [7, 11) is 0. The molecule has 1 N–H and O–H groups in total. The molecule has 1 saturated carbocycles. The first-order valence-corrected chi connectivity index (χ1v) is 10.6. The summed E-state index contributed by atoms with van der Waals surface area (Å²) in [5, 5.41) is 3.07. The number of carbonyl (C=O) groups is 1. The van der Waals surface area contributed by atoms with E-state index in [9.17, 15) is 18.0 Å². The van der Waals surface area contributed by atoms with E-state index in [1.807, 2.05) is 30.3 Å². The maximum Gasteiger partial charge on any atom is 0.417 e. The summed E-state index contributed by atoms with van der Waals surface area (Å²) >= 11 is 1.66. The molecule has 1 aliphatic carbocycles. The second-order valence-corrected chi connectivity index (χ2v) is 8.12. The fraction of sp³-hybridized carbons (Fsp3) is 0.429. The van der Waals surface area contributed by atoms with Gasteiger partial charge in [0, 0.05) is 35.4 Å². The Kier molecular flexibility index (Phi) is 7.41. The van der Waals surface area contributed by atoms with Crippen molar-refractivity contribution >= 4 is 17.7 Å². The van der Waals surface area contributed by atoms with Crippen molar-refractivity contribution < 1.29 is 22.7 Å². The van der Waals surface area contributed by atoms with Crippen LogP contribution in [-0.4, -0.2) is 28.8 Å². The van der Waals surface area contributed by atoms with Gasteiger partial charge in [0.25, 0.3) is 0 Å². The number of thioether (sulfide) groups is 1. The summed E-state index contributed by atoms with van der Waals surface area (Å²) in [4.78, 5) is 17.0. The summed E-state index contributed by atoms with van der Waals surface area (Å²) in [6.07, 6.45) is -0.229. The molecule has 0 saturated heterocycles. The Labute approximate surface area is 172 Å². The molecule has 1 amide bonds. The van der Waals surface area contributed by atoms with Gasteiger partial charge in [-0.25, -0.2) is 4.98 Å². The molecule has 1 aliphatic rings. The lowest BCUT2D eigenvalue weighted by Crippen LogP contribution is -2.39. The van der Waals surface area contributed by atoms with E-state index in [1.165, 1.54) is 6.07 Å². The fourth-order valence-electron chi connectivity index (χ4n) is 3.19. The molecule has 0 bridgehead atoms. The SMILES string of the molecule is O=C(CCSc1ccccc1)NC1CCC(Oc2ccc(C(F)(F)F)cn2)CC1. The van der Waals surface area contributed by atoms with E-state index < -0.39 is 11.7 Å². The standard InChI is InChI=1S/C21H23F3N2O2S/c22-21(23,24)15-6-11-20(25-14-15)28-17-9-7-16(8-10-17)26-19(27)12-13-29-18-4-2-1-3-5-18/h1-6,11,14,16-17H,7-10,12-13H2,(H,26,27). The highest BCUT2D eigenvalue weighted by molar-refractivity contribution is 7.99. The minimum atomic E-state index is -4.40. The van der Waals surface area contributed by atoms with Gasteiger partial charge in [-0.2, -0.15) is 13.2 Å². The average Bonchev–Trinajstić information content (AvgIpc) is 2.70. The first kappa shape index (κ1) is 21.5. The predicted molar refractivity (Wildman–Crippen MR) is 106 cm³/mol. The number of ether oxygens (including phenoxy) is 1. The van der Waals surface area contributed by atoms with Crippen molar-refractivity contribution in [3.05, 3.63) is 54.2 Å². The Bertz CT molecular complexity index is 777. The minimum Gasteiger partial charge on any atom is -0.474 e. The Hall–Kier alpha value is -2.22. The number of alkyl halides is 3. The van der Waals surface area contributed by atoms with E-state index in [-0.39, 0.29) is 23.9 Å². The van der Waals surface area contributed by atoms with Crippen LogP contribution in [0.3, 0.4) is 0 Å². The number of pyridine rings is 1. The van der Waals surface area contributed by atoms with Crippen molar-refractivity contribution in [3.63, 3.8) is 0 Å². The van der Waals surface area contributed by atoms with Crippen LogP contribution in [0.15, 0.2) is 53.6 Å². The molecule has 1 aromatic carbocycles. The number of nitrogens with zero attached hydrogens (tertiary/aromatic N) is 1. The molecule has 0 atom stereocenters. The van der Waals surface area contributed by atoms with Gasteiger partial charge >= 0.3 is 6.18 Å². The van der Waals surface area contributed by atoms with Crippen LogP contribution < -0.4 is 10.1 Å². The van der Waals surface area contributed by atoms with Crippen LogP contribution >= 0.6 is 11.8 Å². The zero-order valence-electron chi connectivity index (χ0n) is 15.8. The number of benzene rings is 1. The molecule has 0 radical (unpaired) electrons. The molecule has 0 aliphatic heterocycles. The van der Waals surface area contributed by atoms with Crippen molar-refractivity contribution in [3.8, 4) is 5.88 Å². The van der Waals surface area contributed by atoms with Gasteiger partial charge in [-0.15, -0.1) is 11.8 Å². The van der Waals surface area contributed by atoms with Crippen LogP contribution in [0, 0.1) is 0 Å². The van der Waals surface area contributed by atoms with Gasteiger partial charge in [-0.1, -0.05) is 18.2 Å². The zero-order chi connectivity index (χ0) is 20.7. The lowest BCUT2D eigenvalue weighted by atomic mass is 9.93. The van der Waals surface area contributed by atoms with Gasteiger partial charge in [0.2, 0.25) is 11.8 Å². The van der Waals surface area contributed by atoms with E-state index in [0.717, 1.165) is 48.6 Å². The van der Waals surface area contributed by atoms with Crippen molar-refractivity contribution in [1.82, 2.24) is 10.3 Å². The third-order valence-corrected chi connectivity index (χ3v) is 5.75.